The number of rotatable bonds is 5. The smallest absolute Gasteiger partial charge is 0.243 e. The number of anilines is 1. The van der Waals surface area contributed by atoms with Gasteiger partial charge in [0, 0.05) is 24.7 Å². The van der Waals surface area contributed by atoms with E-state index < -0.39 is 10.0 Å². The Kier molecular flexibility index (Phi) is 11.4. The summed E-state index contributed by atoms with van der Waals surface area (Å²) < 4.78 is 32.5. The van der Waals surface area contributed by atoms with Gasteiger partial charge in [-0.25, -0.2) is 8.42 Å². The number of methoxy groups -OCH3 is 1. The van der Waals surface area contributed by atoms with Crippen LogP contribution in [-0.4, -0.2) is 38.8 Å². The summed E-state index contributed by atoms with van der Waals surface area (Å²) in [6.07, 6.45) is 1.01. The Morgan fingerprint density at radius 2 is 1.53 bits per heavy atom. The monoisotopic (exact) mass is 462 g/mol. The van der Waals surface area contributed by atoms with Crippen LogP contribution in [0.2, 0.25) is 0 Å². The highest BCUT2D eigenvalue weighted by Crippen LogP contribution is 2.27. The maximum absolute atomic E-state index is 13.0. The molecule has 0 radical (unpaired) electrons. The van der Waals surface area contributed by atoms with Gasteiger partial charge in [0.2, 0.25) is 15.9 Å². The van der Waals surface area contributed by atoms with E-state index in [1.807, 2.05) is 53.7 Å². The quantitative estimate of drug-likeness (QED) is 0.645. The van der Waals surface area contributed by atoms with Gasteiger partial charge in [-0.3, -0.25) is 4.79 Å². The van der Waals surface area contributed by atoms with Gasteiger partial charge in [0.1, 0.15) is 5.75 Å². The molecule has 32 heavy (non-hydrogen) atoms. The van der Waals surface area contributed by atoms with E-state index in [1.165, 1.54) is 4.31 Å². The van der Waals surface area contributed by atoms with Crippen LogP contribution in [0.3, 0.4) is 0 Å². The number of ether oxygens (including phenoxy) is 1. The second kappa shape index (κ2) is 13.2. The van der Waals surface area contributed by atoms with Gasteiger partial charge in [-0.15, -0.1) is 0 Å². The summed E-state index contributed by atoms with van der Waals surface area (Å²) in [5.74, 6) is 0.448. The number of aryl methyl sites for hydroxylation is 2. The van der Waals surface area contributed by atoms with Crippen LogP contribution >= 0.6 is 0 Å². The molecule has 1 fully saturated rings. The van der Waals surface area contributed by atoms with Crippen molar-refractivity contribution in [3.8, 4) is 5.75 Å². The molecule has 3 rings (SSSR count). The molecule has 2 aromatic rings. The molecule has 178 valence electrons. The highest BCUT2D eigenvalue weighted by Gasteiger charge is 2.32. The lowest BCUT2D eigenvalue weighted by Crippen LogP contribution is -2.41. The fourth-order valence-electron chi connectivity index (χ4n) is 3.50. The predicted molar refractivity (Wildman–Crippen MR) is 132 cm³/mol. The Labute approximate surface area is 194 Å². The van der Waals surface area contributed by atoms with Crippen LogP contribution in [0.4, 0.5) is 5.69 Å². The van der Waals surface area contributed by atoms with Crippen molar-refractivity contribution in [2.75, 3.05) is 25.5 Å². The lowest BCUT2D eigenvalue weighted by atomic mass is 9.97. The van der Waals surface area contributed by atoms with Crippen molar-refractivity contribution in [2.24, 2.45) is 5.92 Å². The summed E-state index contributed by atoms with van der Waals surface area (Å²) in [5.41, 5.74) is 2.49. The summed E-state index contributed by atoms with van der Waals surface area (Å²) in [7, 11) is -1.95. The highest BCUT2D eigenvalue weighted by molar-refractivity contribution is 7.89. The van der Waals surface area contributed by atoms with Gasteiger partial charge in [0.05, 0.1) is 12.0 Å². The van der Waals surface area contributed by atoms with Crippen molar-refractivity contribution < 1.29 is 17.9 Å². The zero-order valence-corrected chi connectivity index (χ0v) is 21.3. The Hall–Kier alpha value is -2.38. The standard InChI is InChI=1S/C21H26N2O4S.2C2H6/c1-15-4-9-20(16(2)14-15)28(25,26)23-12-10-17(11-13-23)21(24)22-18-5-7-19(27-3)8-6-18;2*1-2/h4-9,14,17H,10-13H2,1-3H3,(H,22,24);2*1-2H3. The van der Waals surface area contributed by atoms with Crippen molar-refractivity contribution in [2.45, 2.75) is 59.3 Å². The van der Waals surface area contributed by atoms with Gasteiger partial charge in [0.25, 0.3) is 0 Å². The van der Waals surface area contributed by atoms with Crippen LogP contribution in [-0.2, 0) is 14.8 Å². The topological polar surface area (TPSA) is 75.7 Å². The summed E-state index contributed by atoms with van der Waals surface area (Å²) in [6, 6.07) is 12.5. The van der Waals surface area contributed by atoms with Crippen LogP contribution in [0.25, 0.3) is 0 Å². The molecule has 0 aliphatic carbocycles. The lowest BCUT2D eigenvalue weighted by Gasteiger charge is -2.31. The molecular weight excluding hydrogens is 424 g/mol. The average molecular weight is 463 g/mol. The second-order valence-electron chi connectivity index (χ2n) is 7.17. The molecule has 0 aromatic heterocycles. The Morgan fingerprint density at radius 3 is 2.03 bits per heavy atom. The zero-order valence-electron chi connectivity index (χ0n) is 20.4. The van der Waals surface area contributed by atoms with Crippen LogP contribution in [0.15, 0.2) is 47.4 Å². The van der Waals surface area contributed by atoms with E-state index >= 15 is 0 Å². The molecule has 0 bridgehead atoms. The summed E-state index contributed by atoms with van der Waals surface area (Å²) >= 11 is 0. The van der Waals surface area contributed by atoms with Crippen LogP contribution in [0.1, 0.15) is 51.7 Å². The van der Waals surface area contributed by atoms with Gasteiger partial charge in [-0.1, -0.05) is 45.4 Å². The maximum atomic E-state index is 13.0. The van der Waals surface area contributed by atoms with Crippen molar-refractivity contribution in [1.29, 1.82) is 0 Å². The molecule has 1 amide bonds. The SMILES string of the molecule is CC.CC.COc1ccc(NC(=O)C2CCN(S(=O)(=O)c3ccc(C)cc3C)CC2)cc1. The Morgan fingerprint density at radius 1 is 0.969 bits per heavy atom. The number of sulfonamides is 1. The Bertz CT molecular complexity index is 948. The van der Waals surface area contributed by atoms with Gasteiger partial charge in [-0.05, 0) is 62.6 Å². The molecule has 1 heterocycles. The molecular formula is C25H38N2O4S. The molecule has 6 nitrogen and oxygen atoms in total. The zero-order chi connectivity index (χ0) is 24.3. The third-order valence-electron chi connectivity index (χ3n) is 5.13. The fraction of sp³-hybridized carbons (Fsp3) is 0.480. The van der Waals surface area contributed by atoms with Gasteiger partial charge in [0.15, 0.2) is 0 Å². The maximum Gasteiger partial charge on any atom is 0.243 e. The number of carbonyl (C=O) groups excluding carboxylic acids is 1. The van der Waals surface area contributed by atoms with Crippen molar-refractivity contribution in [3.63, 3.8) is 0 Å². The number of nitrogens with zero attached hydrogens (tertiary/aromatic N) is 1. The molecule has 0 spiro atoms. The van der Waals surface area contributed by atoms with Gasteiger partial charge < -0.3 is 10.1 Å². The molecule has 0 unspecified atom stereocenters. The van der Waals surface area contributed by atoms with Crippen molar-refractivity contribution in [1.82, 2.24) is 4.31 Å². The minimum atomic E-state index is -3.54. The van der Waals surface area contributed by atoms with Crippen molar-refractivity contribution in [3.05, 3.63) is 53.6 Å². The number of hydrogen-bond acceptors (Lipinski definition) is 4. The molecule has 0 saturated carbocycles. The summed E-state index contributed by atoms with van der Waals surface area (Å²) in [4.78, 5) is 12.9. The van der Waals surface area contributed by atoms with E-state index in [0.717, 1.165) is 16.9 Å². The van der Waals surface area contributed by atoms with Crippen molar-refractivity contribution >= 4 is 21.6 Å². The molecule has 1 N–H and O–H groups in total. The van der Waals surface area contributed by atoms with E-state index in [0.29, 0.717) is 36.5 Å². The fourth-order valence-corrected chi connectivity index (χ4v) is 5.18. The van der Waals surface area contributed by atoms with Gasteiger partial charge >= 0.3 is 0 Å². The minimum Gasteiger partial charge on any atom is -0.497 e. The number of carbonyl (C=O) groups is 1. The normalized spacial score (nSPS) is 14.3. The van der Waals surface area contributed by atoms with Crippen LogP contribution in [0.5, 0.6) is 5.75 Å². The average Bonchev–Trinajstić information content (AvgIpc) is 2.82. The third-order valence-corrected chi connectivity index (χ3v) is 7.19. The van der Waals surface area contributed by atoms with E-state index in [9.17, 15) is 13.2 Å². The predicted octanol–water partition coefficient (Wildman–Crippen LogP) is 5.40. The van der Waals surface area contributed by atoms with E-state index in [1.54, 1.807) is 37.4 Å². The van der Waals surface area contributed by atoms with Gasteiger partial charge in [-0.2, -0.15) is 4.31 Å². The number of nitrogens with one attached hydrogen (secondary N) is 1. The minimum absolute atomic E-state index is 0.0752. The largest absolute Gasteiger partial charge is 0.497 e. The molecule has 2 aromatic carbocycles. The summed E-state index contributed by atoms with van der Waals surface area (Å²) in [5, 5.41) is 2.90. The number of piperidine rings is 1. The molecule has 7 heteroatoms. The number of amides is 1. The van der Waals surface area contributed by atoms with E-state index in [-0.39, 0.29) is 11.8 Å². The van der Waals surface area contributed by atoms with Crippen LogP contribution < -0.4 is 10.1 Å². The van der Waals surface area contributed by atoms with E-state index in [2.05, 4.69) is 5.32 Å². The van der Waals surface area contributed by atoms with Crippen LogP contribution in [0, 0.1) is 19.8 Å². The lowest BCUT2D eigenvalue weighted by molar-refractivity contribution is -0.120. The first-order chi connectivity index (χ1) is 15.3. The van der Waals surface area contributed by atoms with E-state index in [4.69, 9.17) is 4.74 Å². The highest BCUT2D eigenvalue weighted by atomic mass is 32.2. The first kappa shape index (κ1) is 27.7. The first-order valence-corrected chi connectivity index (χ1v) is 12.8. The first-order valence-electron chi connectivity index (χ1n) is 11.3. The molecule has 1 aliphatic rings. The third kappa shape index (κ3) is 7.07. The Balaban J connectivity index is 0.00000121. The summed E-state index contributed by atoms with van der Waals surface area (Å²) in [6.45, 7) is 12.4. The number of hydrogen-bond donors (Lipinski definition) is 1. The number of benzene rings is 2. The molecule has 1 aliphatic heterocycles. The molecule has 1 saturated heterocycles. The second-order valence-corrected chi connectivity index (χ2v) is 9.07. The molecule has 0 atom stereocenters.